The molecule has 0 amide bonds. The second-order valence-corrected chi connectivity index (χ2v) is 4.36. The molecule has 0 aromatic heterocycles. The zero-order chi connectivity index (χ0) is 12.3. The van der Waals surface area contributed by atoms with E-state index in [-0.39, 0.29) is 5.56 Å². The third-order valence-corrected chi connectivity index (χ3v) is 3.07. The van der Waals surface area contributed by atoms with E-state index in [9.17, 15) is 4.79 Å². The Morgan fingerprint density at radius 3 is 2.71 bits per heavy atom. The van der Waals surface area contributed by atoms with Gasteiger partial charge in [0.2, 0.25) is 0 Å². The molecule has 3 heteroatoms. The van der Waals surface area contributed by atoms with Gasteiger partial charge in [-0.2, -0.15) is 0 Å². The normalized spacial score (nSPS) is 15.3. The summed E-state index contributed by atoms with van der Waals surface area (Å²) in [7, 11) is 0. The summed E-state index contributed by atoms with van der Waals surface area (Å²) in [5.41, 5.74) is 7.17. The molecule has 1 aromatic carbocycles. The van der Waals surface area contributed by atoms with E-state index in [1.807, 2.05) is 0 Å². The van der Waals surface area contributed by atoms with Crippen molar-refractivity contribution in [3.8, 4) is 11.8 Å². The molecule has 17 heavy (non-hydrogen) atoms. The minimum absolute atomic E-state index is 0.231. The first kappa shape index (κ1) is 11.5. The van der Waals surface area contributed by atoms with Crippen molar-refractivity contribution in [2.24, 2.45) is 5.92 Å². The first-order chi connectivity index (χ1) is 8.16. The van der Waals surface area contributed by atoms with Crippen molar-refractivity contribution < 1.29 is 9.90 Å². The van der Waals surface area contributed by atoms with Crippen molar-refractivity contribution in [3.05, 3.63) is 29.3 Å². The number of anilines is 1. The highest BCUT2D eigenvalue weighted by Gasteiger charge is 2.12. The van der Waals surface area contributed by atoms with Crippen LogP contribution in [0, 0.1) is 17.8 Å². The number of nitrogens with two attached hydrogens (primary N) is 1. The Hall–Kier alpha value is -1.95. The Kier molecular flexibility index (Phi) is 3.34. The monoisotopic (exact) mass is 229 g/mol. The zero-order valence-corrected chi connectivity index (χ0v) is 9.57. The van der Waals surface area contributed by atoms with Crippen LogP contribution < -0.4 is 5.73 Å². The van der Waals surface area contributed by atoms with E-state index in [0.717, 1.165) is 12.8 Å². The maximum atomic E-state index is 10.8. The zero-order valence-electron chi connectivity index (χ0n) is 9.57. The lowest BCUT2D eigenvalue weighted by Gasteiger charge is -2.01. The number of carboxylic acid groups (broad SMARTS) is 1. The van der Waals surface area contributed by atoms with Gasteiger partial charge in [0, 0.05) is 17.2 Å². The smallest absolute Gasteiger partial charge is 0.335 e. The van der Waals surface area contributed by atoms with Crippen molar-refractivity contribution >= 4 is 11.7 Å². The number of rotatable bonds is 1. The number of hydrogen-bond acceptors (Lipinski definition) is 2. The van der Waals surface area contributed by atoms with Gasteiger partial charge in [0.05, 0.1) is 5.56 Å². The predicted octanol–water partition coefficient (Wildman–Crippen LogP) is 2.51. The number of nitrogen functional groups attached to an aromatic ring is 1. The van der Waals surface area contributed by atoms with Crippen LogP contribution in [0.4, 0.5) is 5.69 Å². The van der Waals surface area contributed by atoms with E-state index in [1.54, 1.807) is 12.1 Å². The van der Waals surface area contributed by atoms with Crippen molar-refractivity contribution in [1.29, 1.82) is 0 Å². The highest BCUT2D eigenvalue weighted by Crippen LogP contribution is 2.24. The largest absolute Gasteiger partial charge is 0.478 e. The van der Waals surface area contributed by atoms with Crippen LogP contribution >= 0.6 is 0 Å². The molecule has 0 heterocycles. The van der Waals surface area contributed by atoms with Crippen LogP contribution in [0.1, 0.15) is 41.6 Å². The Morgan fingerprint density at radius 1 is 1.35 bits per heavy atom. The topological polar surface area (TPSA) is 63.3 Å². The number of aromatic carboxylic acids is 1. The minimum atomic E-state index is -0.950. The van der Waals surface area contributed by atoms with E-state index in [4.69, 9.17) is 10.8 Å². The molecule has 0 saturated heterocycles. The lowest BCUT2D eigenvalue weighted by molar-refractivity contribution is 0.0697. The molecule has 3 nitrogen and oxygen atoms in total. The maximum absolute atomic E-state index is 10.8. The van der Waals surface area contributed by atoms with E-state index < -0.39 is 5.97 Å². The van der Waals surface area contributed by atoms with E-state index in [2.05, 4.69) is 11.8 Å². The Morgan fingerprint density at radius 2 is 2.06 bits per heavy atom. The average molecular weight is 229 g/mol. The van der Waals surface area contributed by atoms with Gasteiger partial charge in [-0.15, -0.1) is 0 Å². The van der Waals surface area contributed by atoms with E-state index in [1.165, 1.54) is 18.9 Å². The number of hydrogen-bond donors (Lipinski definition) is 2. The molecule has 0 atom stereocenters. The van der Waals surface area contributed by atoms with Gasteiger partial charge in [-0.1, -0.05) is 24.7 Å². The van der Waals surface area contributed by atoms with Crippen LogP contribution in [0.3, 0.4) is 0 Å². The molecule has 0 spiro atoms. The summed E-state index contributed by atoms with van der Waals surface area (Å²) >= 11 is 0. The molecule has 0 radical (unpaired) electrons. The molecular formula is C14H15NO2. The van der Waals surface area contributed by atoms with E-state index in [0.29, 0.717) is 17.2 Å². The summed E-state index contributed by atoms with van der Waals surface area (Å²) < 4.78 is 0. The van der Waals surface area contributed by atoms with Crippen molar-refractivity contribution in [2.75, 3.05) is 5.73 Å². The molecule has 1 aliphatic rings. The fraction of sp³-hybridized carbons (Fsp3) is 0.357. The summed E-state index contributed by atoms with van der Waals surface area (Å²) in [5.74, 6) is 5.69. The lowest BCUT2D eigenvalue weighted by atomic mass is 10.1. The minimum Gasteiger partial charge on any atom is -0.478 e. The highest BCUT2D eigenvalue weighted by molar-refractivity contribution is 5.89. The Bertz CT molecular complexity index is 491. The van der Waals surface area contributed by atoms with Crippen LogP contribution in [0.25, 0.3) is 0 Å². The van der Waals surface area contributed by atoms with Gasteiger partial charge in [0.25, 0.3) is 0 Å². The summed E-state index contributed by atoms with van der Waals surface area (Å²) in [6.07, 6.45) is 4.77. The molecule has 1 aliphatic carbocycles. The van der Waals surface area contributed by atoms with Crippen LogP contribution in [0.2, 0.25) is 0 Å². The van der Waals surface area contributed by atoms with Crippen molar-refractivity contribution in [1.82, 2.24) is 0 Å². The number of carboxylic acids is 1. The Labute approximate surface area is 101 Å². The molecule has 1 fully saturated rings. The second kappa shape index (κ2) is 4.92. The summed E-state index contributed by atoms with van der Waals surface area (Å²) in [4.78, 5) is 10.8. The molecule has 0 aliphatic heterocycles. The highest BCUT2D eigenvalue weighted by atomic mass is 16.4. The summed E-state index contributed by atoms with van der Waals surface area (Å²) in [6.45, 7) is 0. The third-order valence-electron chi connectivity index (χ3n) is 3.07. The molecular weight excluding hydrogens is 214 g/mol. The third kappa shape index (κ3) is 2.79. The molecule has 2 rings (SSSR count). The van der Waals surface area contributed by atoms with Crippen LogP contribution in [-0.4, -0.2) is 11.1 Å². The predicted molar refractivity (Wildman–Crippen MR) is 66.6 cm³/mol. The quantitative estimate of drug-likeness (QED) is 0.574. The molecule has 1 saturated carbocycles. The molecule has 88 valence electrons. The molecule has 3 N–H and O–H groups in total. The summed E-state index contributed by atoms with van der Waals surface area (Å²) in [6, 6.07) is 4.64. The number of carbonyl (C=O) groups is 1. The van der Waals surface area contributed by atoms with Crippen molar-refractivity contribution in [3.63, 3.8) is 0 Å². The van der Waals surface area contributed by atoms with Crippen LogP contribution in [-0.2, 0) is 0 Å². The SMILES string of the molecule is Nc1ccc(C(=O)O)cc1C#CC1CCCC1. The van der Waals surface area contributed by atoms with Gasteiger partial charge in [-0.05, 0) is 31.0 Å². The molecule has 0 unspecified atom stereocenters. The fourth-order valence-electron chi connectivity index (χ4n) is 2.05. The average Bonchev–Trinajstić information content (AvgIpc) is 2.80. The van der Waals surface area contributed by atoms with E-state index >= 15 is 0 Å². The van der Waals surface area contributed by atoms with Gasteiger partial charge in [-0.3, -0.25) is 0 Å². The first-order valence-electron chi connectivity index (χ1n) is 5.81. The lowest BCUT2D eigenvalue weighted by Crippen LogP contribution is -1.99. The van der Waals surface area contributed by atoms with Gasteiger partial charge >= 0.3 is 5.97 Å². The molecule has 1 aromatic rings. The van der Waals surface area contributed by atoms with Gasteiger partial charge in [0.15, 0.2) is 0 Å². The maximum Gasteiger partial charge on any atom is 0.335 e. The standard InChI is InChI=1S/C14H15NO2/c15-13-8-7-12(14(16)17)9-11(13)6-5-10-3-1-2-4-10/h7-10H,1-4,15H2,(H,16,17). The van der Waals surface area contributed by atoms with Gasteiger partial charge < -0.3 is 10.8 Å². The fourth-order valence-corrected chi connectivity index (χ4v) is 2.05. The molecule has 0 bridgehead atoms. The van der Waals surface area contributed by atoms with Gasteiger partial charge in [-0.25, -0.2) is 4.79 Å². The first-order valence-corrected chi connectivity index (χ1v) is 5.81. The second-order valence-electron chi connectivity index (χ2n) is 4.36. The van der Waals surface area contributed by atoms with Gasteiger partial charge in [0.1, 0.15) is 0 Å². The van der Waals surface area contributed by atoms with Crippen molar-refractivity contribution in [2.45, 2.75) is 25.7 Å². The van der Waals surface area contributed by atoms with Crippen LogP contribution in [0.5, 0.6) is 0 Å². The Balaban J connectivity index is 2.24. The summed E-state index contributed by atoms with van der Waals surface area (Å²) in [5, 5.41) is 8.89. The number of benzene rings is 1. The van der Waals surface area contributed by atoms with Crippen LogP contribution in [0.15, 0.2) is 18.2 Å².